The lowest BCUT2D eigenvalue weighted by Gasteiger charge is -2.01. The van der Waals surface area contributed by atoms with Crippen LogP contribution in [0.3, 0.4) is 0 Å². The molecule has 0 atom stereocenters. The summed E-state index contributed by atoms with van der Waals surface area (Å²) in [6.45, 7) is 0.454. The van der Waals surface area contributed by atoms with Crippen molar-refractivity contribution < 1.29 is 0 Å². The number of nitrogens with zero attached hydrogens (tertiary/aromatic N) is 2. The predicted octanol–water partition coefficient (Wildman–Crippen LogP) is 2.26. The van der Waals surface area contributed by atoms with Crippen molar-refractivity contribution in [1.82, 2.24) is 9.97 Å². The molecule has 1 aromatic carbocycles. The first-order valence-corrected chi connectivity index (χ1v) is 4.94. The maximum absolute atomic E-state index is 5.88. The second-order valence-electron chi connectivity index (χ2n) is 3.13. The molecule has 1 aromatic heterocycles. The fraction of sp³-hybridized carbons (Fsp3) is 0.0909. The van der Waals surface area contributed by atoms with E-state index in [0.29, 0.717) is 17.4 Å². The van der Waals surface area contributed by atoms with Gasteiger partial charge in [-0.3, -0.25) is 0 Å². The van der Waals surface area contributed by atoms with Crippen molar-refractivity contribution >= 4 is 11.6 Å². The van der Waals surface area contributed by atoms with E-state index >= 15 is 0 Å². The quantitative estimate of drug-likeness (QED) is 0.843. The number of aromatic nitrogens is 2. The summed E-state index contributed by atoms with van der Waals surface area (Å²) in [6.07, 6.45) is 3.45. The minimum absolute atomic E-state index is 0.454. The molecule has 3 nitrogen and oxygen atoms in total. The summed E-state index contributed by atoms with van der Waals surface area (Å²) in [5.74, 6) is 0.662. The highest BCUT2D eigenvalue weighted by Gasteiger charge is 2.01. The Labute approximate surface area is 92.9 Å². The lowest BCUT2D eigenvalue weighted by atomic mass is 10.2. The average molecular weight is 220 g/mol. The molecule has 0 unspecified atom stereocenters. The molecule has 15 heavy (non-hydrogen) atoms. The van der Waals surface area contributed by atoms with E-state index in [1.54, 1.807) is 12.4 Å². The third kappa shape index (κ3) is 2.32. The fourth-order valence-corrected chi connectivity index (χ4v) is 1.43. The molecule has 0 spiro atoms. The van der Waals surface area contributed by atoms with E-state index in [2.05, 4.69) is 9.97 Å². The highest BCUT2D eigenvalue weighted by atomic mass is 35.5. The molecule has 2 rings (SSSR count). The van der Waals surface area contributed by atoms with Crippen LogP contribution >= 0.6 is 11.6 Å². The van der Waals surface area contributed by atoms with E-state index in [-0.39, 0.29) is 0 Å². The van der Waals surface area contributed by atoms with Gasteiger partial charge in [-0.05, 0) is 12.1 Å². The van der Waals surface area contributed by atoms with E-state index in [1.807, 2.05) is 24.3 Å². The van der Waals surface area contributed by atoms with Crippen molar-refractivity contribution in [3.63, 3.8) is 0 Å². The summed E-state index contributed by atoms with van der Waals surface area (Å²) in [5.41, 5.74) is 7.29. The van der Waals surface area contributed by atoms with Gasteiger partial charge in [0.25, 0.3) is 0 Å². The monoisotopic (exact) mass is 219 g/mol. The van der Waals surface area contributed by atoms with E-state index in [9.17, 15) is 0 Å². The Morgan fingerprint density at radius 1 is 1.20 bits per heavy atom. The molecular formula is C11H10ClN3. The number of halogens is 1. The van der Waals surface area contributed by atoms with E-state index < -0.39 is 0 Å². The van der Waals surface area contributed by atoms with Crippen LogP contribution in [-0.4, -0.2) is 9.97 Å². The van der Waals surface area contributed by atoms with E-state index in [0.717, 1.165) is 11.1 Å². The number of nitrogens with two attached hydrogens (primary N) is 1. The number of hydrogen-bond donors (Lipinski definition) is 1. The van der Waals surface area contributed by atoms with Crippen molar-refractivity contribution in [2.45, 2.75) is 6.54 Å². The molecule has 0 saturated carbocycles. The fourth-order valence-electron chi connectivity index (χ4n) is 1.24. The lowest BCUT2D eigenvalue weighted by Crippen LogP contribution is -1.98. The minimum atomic E-state index is 0.454. The Balaban J connectivity index is 2.37. The summed E-state index contributed by atoms with van der Waals surface area (Å²) in [7, 11) is 0. The first-order valence-electron chi connectivity index (χ1n) is 4.56. The first-order chi connectivity index (χ1) is 7.29. The van der Waals surface area contributed by atoms with Gasteiger partial charge in [-0.15, -0.1) is 0 Å². The van der Waals surface area contributed by atoms with Crippen LogP contribution < -0.4 is 5.73 Å². The third-order valence-electron chi connectivity index (χ3n) is 2.02. The first kappa shape index (κ1) is 10.1. The summed E-state index contributed by atoms with van der Waals surface area (Å²) >= 11 is 5.88. The van der Waals surface area contributed by atoms with Gasteiger partial charge < -0.3 is 5.73 Å². The second-order valence-corrected chi connectivity index (χ2v) is 3.57. The van der Waals surface area contributed by atoms with Crippen LogP contribution in [0.2, 0.25) is 5.02 Å². The third-order valence-corrected chi connectivity index (χ3v) is 2.26. The zero-order valence-electron chi connectivity index (χ0n) is 8.02. The maximum Gasteiger partial charge on any atom is 0.159 e. The molecule has 4 heteroatoms. The molecule has 0 radical (unpaired) electrons. The van der Waals surface area contributed by atoms with Crippen LogP contribution in [-0.2, 0) is 6.54 Å². The van der Waals surface area contributed by atoms with E-state index in [4.69, 9.17) is 17.3 Å². The zero-order valence-corrected chi connectivity index (χ0v) is 8.78. The topological polar surface area (TPSA) is 51.8 Å². The Morgan fingerprint density at radius 2 is 1.93 bits per heavy atom. The molecule has 0 aliphatic rings. The average Bonchev–Trinajstić information content (AvgIpc) is 2.29. The minimum Gasteiger partial charge on any atom is -0.326 e. The summed E-state index contributed by atoms with van der Waals surface area (Å²) < 4.78 is 0. The van der Waals surface area contributed by atoms with Gasteiger partial charge in [0.15, 0.2) is 5.82 Å². The van der Waals surface area contributed by atoms with Crippen LogP contribution in [0.1, 0.15) is 5.56 Å². The number of rotatable bonds is 2. The molecule has 76 valence electrons. The highest BCUT2D eigenvalue weighted by Crippen LogP contribution is 2.18. The highest BCUT2D eigenvalue weighted by molar-refractivity contribution is 6.30. The standard InChI is InChI=1S/C11H10ClN3/c12-10-3-1-2-9(4-10)11-14-6-8(5-13)7-15-11/h1-4,6-7H,5,13H2. The van der Waals surface area contributed by atoms with Gasteiger partial charge in [-0.1, -0.05) is 23.7 Å². The molecule has 2 N–H and O–H groups in total. The summed E-state index contributed by atoms with van der Waals surface area (Å²) in [4.78, 5) is 8.42. The van der Waals surface area contributed by atoms with Crippen LogP contribution in [0.25, 0.3) is 11.4 Å². The summed E-state index contributed by atoms with van der Waals surface area (Å²) in [6, 6.07) is 7.44. The Kier molecular flexibility index (Phi) is 2.94. The molecule has 0 aliphatic carbocycles. The zero-order chi connectivity index (χ0) is 10.7. The molecular weight excluding hydrogens is 210 g/mol. The molecule has 0 bridgehead atoms. The van der Waals surface area contributed by atoms with Crippen molar-refractivity contribution in [2.75, 3.05) is 0 Å². The van der Waals surface area contributed by atoms with Crippen LogP contribution in [0.5, 0.6) is 0 Å². The SMILES string of the molecule is NCc1cnc(-c2cccc(Cl)c2)nc1. The van der Waals surface area contributed by atoms with E-state index in [1.165, 1.54) is 0 Å². The van der Waals surface area contributed by atoms with Crippen molar-refractivity contribution in [2.24, 2.45) is 5.73 Å². The van der Waals surface area contributed by atoms with Gasteiger partial charge in [-0.2, -0.15) is 0 Å². The molecule has 2 aromatic rings. The largest absolute Gasteiger partial charge is 0.326 e. The van der Waals surface area contributed by atoms with Gasteiger partial charge in [0.1, 0.15) is 0 Å². The van der Waals surface area contributed by atoms with Gasteiger partial charge in [0, 0.05) is 35.1 Å². The summed E-state index contributed by atoms with van der Waals surface area (Å²) in [5, 5.41) is 0.680. The molecule has 0 aliphatic heterocycles. The molecule has 0 fully saturated rings. The molecule has 0 amide bonds. The number of hydrogen-bond acceptors (Lipinski definition) is 3. The Morgan fingerprint density at radius 3 is 2.53 bits per heavy atom. The maximum atomic E-state index is 5.88. The van der Waals surface area contributed by atoms with Crippen LogP contribution in [0.4, 0.5) is 0 Å². The van der Waals surface area contributed by atoms with Crippen molar-refractivity contribution in [3.05, 3.63) is 47.2 Å². The van der Waals surface area contributed by atoms with Gasteiger partial charge >= 0.3 is 0 Å². The van der Waals surface area contributed by atoms with Crippen LogP contribution in [0, 0.1) is 0 Å². The number of benzene rings is 1. The normalized spacial score (nSPS) is 10.3. The smallest absolute Gasteiger partial charge is 0.159 e. The molecule has 0 saturated heterocycles. The van der Waals surface area contributed by atoms with Gasteiger partial charge in [0.2, 0.25) is 0 Å². The predicted molar refractivity (Wildman–Crippen MR) is 60.4 cm³/mol. The Hall–Kier alpha value is -1.45. The van der Waals surface area contributed by atoms with Crippen molar-refractivity contribution in [3.8, 4) is 11.4 Å². The van der Waals surface area contributed by atoms with Gasteiger partial charge in [-0.25, -0.2) is 9.97 Å². The van der Waals surface area contributed by atoms with Crippen LogP contribution in [0.15, 0.2) is 36.7 Å². The molecule has 1 heterocycles. The van der Waals surface area contributed by atoms with Gasteiger partial charge in [0.05, 0.1) is 0 Å². The Bertz CT molecular complexity index is 454. The second kappa shape index (κ2) is 4.38. The van der Waals surface area contributed by atoms with Crippen molar-refractivity contribution in [1.29, 1.82) is 0 Å². The lowest BCUT2D eigenvalue weighted by molar-refractivity contribution is 1.01.